The number of rotatable bonds is 15. The van der Waals surface area contributed by atoms with Crippen LogP contribution in [0.15, 0.2) is 126 Å². The van der Waals surface area contributed by atoms with Crippen molar-refractivity contribution in [1.82, 2.24) is 0 Å². The summed E-state index contributed by atoms with van der Waals surface area (Å²) in [6, 6.07) is 34.0. The van der Waals surface area contributed by atoms with Crippen LogP contribution in [0.2, 0.25) is 0 Å². The molecule has 4 aromatic carbocycles. The van der Waals surface area contributed by atoms with Crippen LogP contribution in [0, 0.1) is 6.92 Å². The average Bonchev–Trinajstić information content (AvgIpc) is 3.02. The van der Waals surface area contributed by atoms with Gasteiger partial charge in [0.15, 0.2) is 0 Å². The summed E-state index contributed by atoms with van der Waals surface area (Å²) in [6.45, 7) is 4.22. The second-order valence-electron chi connectivity index (χ2n) is 9.86. The van der Waals surface area contributed by atoms with E-state index in [1.54, 1.807) is 31.4 Å². The molecule has 0 saturated carbocycles. The molecule has 7 heteroatoms. The van der Waals surface area contributed by atoms with E-state index in [9.17, 15) is 8.42 Å². The first kappa shape index (κ1) is 31.2. The van der Waals surface area contributed by atoms with Crippen LogP contribution in [0.3, 0.4) is 0 Å². The van der Waals surface area contributed by atoms with Gasteiger partial charge in [0.2, 0.25) is 0 Å². The van der Waals surface area contributed by atoms with Crippen molar-refractivity contribution in [2.45, 2.75) is 36.9 Å². The summed E-state index contributed by atoms with van der Waals surface area (Å²) >= 11 is 0. The molecule has 0 fully saturated rings. The number of hydrogen-bond donors (Lipinski definition) is 0. The Hall–Kier alpha value is -3.75. The SMILES string of the molecule is CC/C=C\COC[C@@H](COC(c1ccccc1)(c1ccccc1)c1ccc(OC)cc1)OS(=O)(=O)c1ccc(C)cc1. The highest BCUT2D eigenvalue weighted by atomic mass is 32.2. The molecule has 220 valence electrons. The van der Waals surface area contributed by atoms with E-state index in [0.29, 0.717) is 12.4 Å². The number of hydrogen-bond acceptors (Lipinski definition) is 6. The molecule has 4 aromatic rings. The molecule has 0 aliphatic heterocycles. The molecule has 0 aliphatic carbocycles. The van der Waals surface area contributed by atoms with Crippen molar-refractivity contribution in [3.8, 4) is 5.75 Å². The molecule has 0 unspecified atom stereocenters. The third-order valence-electron chi connectivity index (χ3n) is 6.84. The van der Waals surface area contributed by atoms with Gasteiger partial charge < -0.3 is 14.2 Å². The summed E-state index contributed by atoms with van der Waals surface area (Å²) in [4.78, 5) is 0.0801. The fraction of sp³-hybridized carbons (Fsp3) is 0.257. The lowest BCUT2D eigenvalue weighted by atomic mass is 9.80. The van der Waals surface area contributed by atoms with Crippen LogP contribution in [0.5, 0.6) is 5.75 Å². The fourth-order valence-electron chi connectivity index (χ4n) is 4.68. The molecular formula is C35H38O6S. The normalized spacial score (nSPS) is 12.8. The van der Waals surface area contributed by atoms with Crippen molar-refractivity contribution >= 4 is 10.1 Å². The van der Waals surface area contributed by atoms with E-state index in [1.165, 1.54) is 0 Å². The molecule has 42 heavy (non-hydrogen) atoms. The Balaban J connectivity index is 1.74. The summed E-state index contributed by atoms with van der Waals surface area (Å²) in [5.41, 5.74) is 2.50. The largest absolute Gasteiger partial charge is 0.497 e. The first-order chi connectivity index (χ1) is 20.4. The third-order valence-corrected chi connectivity index (χ3v) is 8.21. The van der Waals surface area contributed by atoms with Crippen molar-refractivity contribution in [2.75, 3.05) is 26.9 Å². The number of ether oxygens (including phenoxy) is 3. The predicted molar refractivity (Wildman–Crippen MR) is 165 cm³/mol. The Morgan fingerprint density at radius 1 is 0.738 bits per heavy atom. The van der Waals surface area contributed by atoms with Crippen LogP contribution in [-0.4, -0.2) is 41.5 Å². The molecule has 1 atom stereocenters. The van der Waals surface area contributed by atoms with Crippen molar-refractivity contribution in [3.63, 3.8) is 0 Å². The Kier molecular flexibility index (Phi) is 11.1. The number of methoxy groups -OCH3 is 1. The fourth-order valence-corrected chi connectivity index (χ4v) is 5.73. The highest BCUT2D eigenvalue weighted by Crippen LogP contribution is 2.41. The Labute approximate surface area is 249 Å². The van der Waals surface area contributed by atoms with Gasteiger partial charge in [-0.25, -0.2) is 0 Å². The van der Waals surface area contributed by atoms with Gasteiger partial charge >= 0.3 is 0 Å². The first-order valence-electron chi connectivity index (χ1n) is 14.0. The van der Waals surface area contributed by atoms with Gasteiger partial charge in [-0.1, -0.05) is 110 Å². The maximum absolute atomic E-state index is 13.3. The van der Waals surface area contributed by atoms with Gasteiger partial charge in [-0.15, -0.1) is 0 Å². The standard InChI is InChI=1S/C35H38O6S/c1-4-5-12-25-39-26-33(41-42(36,37)34-23-17-28(2)18-24-34)27-40-35(29-13-8-6-9-14-29,30-15-10-7-11-16-30)31-19-21-32(38-3)22-20-31/h5-24,33H,4,25-27H2,1-3H3/b12-5-/t33-/m0/s1. The highest BCUT2D eigenvalue weighted by Gasteiger charge is 2.39. The first-order valence-corrected chi connectivity index (χ1v) is 15.4. The lowest BCUT2D eigenvalue weighted by Crippen LogP contribution is -2.38. The molecule has 6 nitrogen and oxygen atoms in total. The maximum Gasteiger partial charge on any atom is 0.297 e. The zero-order chi connectivity index (χ0) is 29.8. The Bertz CT molecular complexity index is 1460. The van der Waals surface area contributed by atoms with Gasteiger partial charge in [-0.2, -0.15) is 8.42 Å². The molecular weight excluding hydrogens is 548 g/mol. The smallest absolute Gasteiger partial charge is 0.297 e. The lowest BCUT2D eigenvalue weighted by Gasteiger charge is -2.37. The number of allylic oxidation sites excluding steroid dienone is 1. The number of aryl methyl sites for hydroxylation is 1. The third kappa shape index (κ3) is 7.75. The molecule has 0 amide bonds. The zero-order valence-corrected chi connectivity index (χ0v) is 25.1. The van der Waals surface area contributed by atoms with Crippen LogP contribution >= 0.6 is 0 Å². The van der Waals surface area contributed by atoms with Gasteiger partial charge in [-0.3, -0.25) is 4.18 Å². The van der Waals surface area contributed by atoms with Gasteiger partial charge in [0.05, 0.1) is 31.8 Å². The summed E-state index contributed by atoms with van der Waals surface area (Å²) < 4.78 is 50.6. The summed E-state index contributed by atoms with van der Waals surface area (Å²) in [5.74, 6) is 0.715. The van der Waals surface area contributed by atoms with E-state index in [-0.39, 0.29) is 18.1 Å². The predicted octanol–water partition coefficient (Wildman–Crippen LogP) is 7.07. The molecule has 0 heterocycles. The van der Waals surface area contributed by atoms with E-state index in [0.717, 1.165) is 28.7 Å². The second-order valence-corrected chi connectivity index (χ2v) is 11.4. The van der Waals surface area contributed by atoms with Crippen molar-refractivity contribution in [2.24, 2.45) is 0 Å². The van der Waals surface area contributed by atoms with Crippen LogP contribution in [0.25, 0.3) is 0 Å². The lowest BCUT2D eigenvalue weighted by molar-refractivity contribution is -0.0506. The van der Waals surface area contributed by atoms with E-state index in [2.05, 4.69) is 0 Å². The van der Waals surface area contributed by atoms with Crippen LogP contribution in [-0.2, 0) is 29.4 Å². The van der Waals surface area contributed by atoms with Crippen LogP contribution in [0.1, 0.15) is 35.6 Å². The van der Waals surface area contributed by atoms with E-state index in [4.69, 9.17) is 18.4 Å². The van der Waals surface area contributed by atoms with Crippen molar-refractivity contribution in [3.05, 3.63) is 144 Å². The van der Waals surface area contributed by atoms with E-state index >= 15 is 0 Å². The minimum atomic E-state index is -4.09. The van der Waals surface area contributed by atoms with Crippen LogP contribution in [0.4, 0.5) is 0 Å². The van der Waals surface area contributed by atoms with E-state index < -0.39 is 21.8 Å². The molecule has 0 saturated heterocycles. The highest BCUT2D eigenvalue weighted by molar-refractivity contribution is 7.86. The molecule has 0 N–H and O–H groups in total. The minimum Gasteiger partial charge on any atom is -0.497 e. The molecule has 0 bridgehead atoms. The summed E-state index contributed by atoms with van der Waals surface area (Å²) in [6.07, 6.45) is 3.86. The van der Waals surface area contributed by atoms with Gasteiger partial charge in [-0.05, 0) is 54.3 Å². The van der Waals surface area contributed by atoms with Gasteiger partial charge in [0.25, 0.3) is 10.1 Å². The summed E-state index contributed by atoms with van der Waals surface area (Å²) in [5, 5.41) is 0. The maximum atomic E-state index is 13.3. The zero-order valence-electron chi connectivity index (χ0n) is 24.3. The topological polar surface area (TPSA) is 71.1 Å². The monoisotopic (exact) mass is 586 g/mol. The van der Waals surface area contributed by atoms with Crippen molar-refractivity contribution in [1.29, 1.82) is 0 Å². The van der Waals surface area contributed by atoms with E-state index in [1.807, 2.05) is 111 Å². The second kappa shape index (κ2) is 14.9. The summed E-state index contributed by atoms with van der Waals surface area (Å²) in [7, 11) is -2.46. The molecule has 0 aliphatic rings. The van der Waals surface area contributed by atoms with Gasteiger partial charge in [0.1, 0.15) is 17.5 Å². The Morgan fingerprint density at radius 2 is 1.31 bits per heavy atom. The van der Waals surface area contributed by atoms with Crippen molar-refractivity contribution < 1.29 is 26.8 Å². The Morgan fingerprint density at radius 3 is 1.86 bits per heavy atom. The van der Waals surface area contributed by atoms with Crippen LogP contribution < -0.4 is 4.74 Å². The quantitative estimate of drug-likeness (QED) is 0.0642. The molecule has 4 rings (SSSR count). The average molecular weight is 587 g/mol. The minimum absolute atomic E-state index is 0.0153. The van der Waals surface area contributed by atoms with Gasteiger partial charge in [0, 0.05) is 0 Å². The molecule has 0 aromatic heterocycles. The number of benzene rings is 4. The molecule has 0 radical (unpaired) electrons. The molecule has 0 spiro atoms.